The molecule has 8 N–H and O–H groups in total. The van der Waals surface area contributed by atoms with Crippen molar-refractivity contribution in [3.05, 3.63) is 116 Å². The average molecular weight is 1650 g/mol. The van der Waals surface area contributed by atoms with Crippen LogP contribution in [0.3, 0.4) is 0 Å². The molecule has 6 unspecified atom stereocenters. The zero-order valence-electron chi connectivity index (χ0n) is 50.1. The number of phenolic OH excluding ortho intramolecular Hbond substituents is 5. The second kappa shape index (κ2) is 25.9. The number of ketones is 2. The van der Waals surface area contributed by atoms with E-state index in [9.17, 15) is 45.0 Å². The number of phenols is 5. The Balaban J connectivity index is 0.000000209. The quantitative estimate of drug-likeness (QED) is 0.0382. The zero-order valence-corrected chi connectivity index (χ0v) is 60.5. The van der Waals surface area contributed by atoms with Crippen LogP contribution >= 0.6 is 11.8 Å². The molecule has 2 fully saturated rings. The third-order valence-corrected chi connectivity index (χ3v) is 19.3. The summed E-state index contributed by atoms with van der Waals surface area (Å²) >= 11 is 1.31. The van der Waals surface area contributed by atoms with E-state index in [2.05, 4.69) is 10.6 Å². The fourth-order valence-electron chi connectivity index (χ4n) is 13.8. The van der Waals surface area contributed by atoms with E-state index >= 15 is 4.79 Å². The number of ether oxygens (including phenoxy) is 8. The molecule has 8 aliphatic rings. The Bertz CT molecular complexity index is 3900. The third kappa shape index (κ3) is 10.6. The van der Waals surface area contributed by atoms with Gasteiger partial charge in [0.2, 0.25) is 20.0 Å². The SMILES string of the molecule is CC(=O)c1c(/C=C/NC=O)c(O)c(C)c2c1OCO2.COc1c(C)cc2cc[n+](C)cc2c1O.COc1cc2c(cc1O)CCN[C@]21CSC2c3c(O)c(C)c4c(c3C(COC1=O)C1(O)C(=O)C3Cc5cc(C)c(OC)c(O)c5C(C21)N3C)OCO4.[Ac].[Ac]. The number of carbonyl (C=O) groups is 4. The van der Waals surface area contributed by atoms with Crippen molar-refractivity contribution in [2.24, 2.45) is 13.0 Å². The van der Waals surface area contributed by atoms with Gasteiger partial charge in [0, 0.05) is 163 Å². The van der Waals surface area contributed by atoms with Crippen molar-refractivity contribution in [2.75, 3.05) is 60.9 Å². The largest absolute Gasteiger partial charge is 0.507 e. The average Bonchev–Trinajstić information content (AvgIpc) is 1.31. The smallest absolute Gasteiger partial charge is 0.331 e. The number of carbonyl (C=O) groups excluding carboxylic acids is 4. The van der Waals surface area contributed by atoms with Crippen molar-refractivity contribution < 1.29 is 180 Å². The number of aromatic hydroxyl groups is 5. The van der Waals surface area contributed by atoms with Gasteiger partial charge in [-0.3, -0.25) is 24.6 Å². The number of aliphatic hydroxyl groups is 1. The van der Waals surface area contributed by atoms with E-state index in [0.717, 1.165) is 33.0 Å². The Hall–Kier alpha value is -5.76. The van der Waals surface area contributed by atoms with Crippen molar-refractivity contribution >= 4 is 52.6 Å². The van der Waals surface area contributed by atoms with E-state index in [-0.39, 0.29) is 160 Å². The number of pyridine rings is 1. The molecular weight excluding hydrogens is 1590 g/mol. The molecule has 88 heavy (non-hydrogen) atoms. The van der Waals surface area contributed by atoms with Gasteiger partial charge in [0.15, 0.2) is 87.0 Å². The molecule has 25 heteroatoms. The Morgan fingerprint density at radius 1 is 0.818 bits per heavy atom. The first kappa shape index (κ1) is 66.7. The molecule has 22 nitrogen and oxygen atoms in total. The minimum absolute atomic E-state index is 0. The number of aromatic nitrogens is 1. The van der Waals surface area contributed by atoms with E-state index < -0.39 is 58.7 Å². The zero-order chi connectivity index (χ0) is 61.6. The van der Waals surface area contributed by atoms with Crippen LogP contribution in [-0.2, 0) is 44.5 Å². The van der Waals surface area contributed by atoms with Crippen molar-refractivity contribution in [1.29, 1.82) is 0 Å². The van der Waals surface area contributed by atoms with Crippen LogP contribution in [0.4, 0.5) is 0 Å². The van der Waals surface area contributed by atoms with E-state index in [1.807, 2.05) is 68.0 Å². The van der Waals surface area contributed by atoms with Gasteiger partial charge < -0.3 is 73.9 Å². The van der Waals surface area contributed by atoms with Gasteiger partial charge in [-0.05, 0) is 112 Å². The minimum Gasteiger partial charge on any atom is -0.507 e. The van der Waals surface area contributed by atoms with Crippen LogP contribution in [0.25, 0.3) is 16.8 Å². The second-order valence-electron chi connectivity index (χ2n) is 22.4. The number of hydrogen-bond acceptors (Lipinski definition) is 21. The Kier molecular flexibility index (Phi) is 19.6. The first-order chi connectivity index (χ1) is 41.1. The van der Waals surface area contributed by atoms with Crippen LogP contribution in [0.15, 0.2) is 48.9 Å². The molecule has 6 aromatic rings. The predicted molar refractivity (Wildman–Crippen MR) is 312 cm³/mol. The van der Waals surface area contributed by atoms with E-state index in [1.54, 1.807) is 33.1 Å². The number of nitrogens with one attached hydrogen (secondary N) is 2. The molecule has 4 bridgehead atoms. The number of aryl methyl sites for hydroxylation is 3. The first-order valence-corrected chi connectivity index (χ1v) is 28.8. The van der Waals surface area contributed by atoms with Gasteiger partial charge in [-0.1, -0.05) is 6.07 Å². The number of amides is 1. The van der Waals surface area contributed by atoms with Crippen LogP contribution in [0, 0.1) is 122 Å². The van der Waals surface area contributed by atoms with Crippen molar-refractivity contribution in [2.45, 2.75) is 81.9 Å². The number of piperidine rings is 1. The molecule has 1 spiro atoms. The van der Waals surface area contributed by atoms with E-state index in [4.69, 9.17) is 37.9 Å². The molecule has 5 aromatic carbocycles. The summed E-state index contributed by atoms with van der Waals surface area (Å²) in [5.74, 6) is -1.06. The summed E-state index contributed by atoms with van der Waals surface area (Å²) in [5.41, 5.74) is 3.07. The molecule has 7 atom stereocenters. The van der Waals surface area contributed by atoms with Gasteiger partial charge in [-0.2, -0.15) is 11.8 Å². The molecule has 8 heterocycles. The van der Waals surface area contributed by atoms with Gasteiger partial charge in [0.1, 0.15) is 30.8 Å². The van der Waals surface area contributed by atoms with Crippen molar-refractivity contribution in [1.82, 2.24) is 15.5 Å². The number of rotatable bonds is 7. The van der Waals surface area contributed by atoms with Crippen LogP contribution in [0.1, 0.15) is 95.7 Å². The van der Waals surface area contributed by atoms with Crippen molar-refractivity contribution in [3.8, 4) is 69.0 Å². The molecule has 458 valence electrons. The van der Waals surface area contributed by atoms with E-state index in [0.29, 0.717) is 92.8 Å². The number of likely N-dealkylation sites (N-methyl/N-ethyl adjacent to an activating group) is 1. The Morgan fingerprint density at radius 3 is 2.14 bits per heavy atom. The van der Waals surface area contributed by atoms with Crippen LogP contribution < -0.4 is 48.4 Å². The van der Waals surface area contributed by atoms with Gasteiger partial charge >= 0.3 is 5.97 Å². The van der Waals surface area contributed by atoms with Gasteiger partial charge in [-0.15, -0.1) is 0 Å². The van der Waals surface area contributed by atoms with Gasteiger partial charge in [0.05, 0.1) is 44.2 Å². The number of benzene rings is 5. The second-order valence-corrected chi connectivity index (χ2v) is 23.5. The molecule has 2 saturated heterocycles. The number of esters is 1. The number of thioether (sulfide) groups is 1. The Labute approximate surface area is 582 Å². The topological polar surface area (TPSA) is 295 Å². The summed E-state index contributed by atoms with van der Waals surface area (Å²) in [6.07, 6.45) is 7.86. The molecule has 1 aromatic heterocycles. The standard InChI is InChI=1S/C38H40N2O11S.C13H13NO5.C12H13NO2.2Ac/c1-15-8-18-9-21-35(44)38(46)20-12-49-36(45)37(19-11-23(47-4)22(41)10-17(19)6-7-39-37)13-52-34(26-25(20)33-32(50-14-51-33)16(2)29(26)42)27(38)28(40(21)3)24(18)30(43)31(15)48-5;1-7-11(17)9(3-4-14-5-15)10(8(2)16)13-12(7)18-6-19-13;1-8-6-9-4-5-13(2)7-10(9)11(14)12(8)15-3;;/h8,10-11,20-21,27-28,34,39,41-43,46H,6-7,9,12-14H2,1-5H3;3-5,17H,6H2,1-2H3,(H,14,15);4-7H,1-3H3;;/p+1/b;4-3+;;;/t20?,21?,27?,28?,34?,37-,38?;;;;/m1..../s1. The van der Waals surface area contributed by atoms with Crippen molar-refractivity contribution in [3.63, 3.8) is 0 Å². The molecule has 1 aliphatic carbocycles. The molecular formula is C63H67Ac2N4O18S+. The Morgan fingerprint density at radius 2 is 1.47 bits per heavy atom. The molecule has 0 saturated carbocycles. The first-order valence-electron chi connectivity index (χ1n) is 27.7. The number of fused-ring (bicyclic) bond motifs is 11. The summed E-state index contributed by atoms with van der Waals surface area (Å²) in [4.78, 5) is 53.5. The molecule has 14 rings (SSSR count). The molecule has 1 amide bonds. The molecule has 7 aliphatic heterocycles. The fourth-order valence-corrected chi connectivity index (χ4v) is 15.6. The van der Waals surface area contributed by atoms with Crippen LogP contribution in [-0.4, -0.2) is 132 Å². The minimum atomic E-state index is -2.13. The van der Waals surface area contributed by atoms with Crippen LogP contribution in [0.5, 0.6) is 69.0 Å². The summed E-state index contributed by atoms with van der Waals surface area (Å²) < 4.78 is 46.9. The van der Waals surface area contributed by atoms with E-state index in [1.165, 1.54) is 45.2 Å². The monoisotopic (exact) mass is 1650 g/mol. The summed E-state index contributed by atoms with van der Waals surface area (Å²) in [5, 5.41) is 75.0. The maximum Gasteiger partial charge on any atom is 0.331 e. The number of Topliss-reactive ketones (excluding diaryl/α,β-unsaturated/α-hetero) is 2. The summed E-state index contributed by atoms with van der Waals surface area (Å²) in [6, 6.07) is 7.69. The fraction of sp³-hybridized carbons (Fsp3) is 0.381. The summed E-state index contributed by atoms with van der Waals surface area (Å²) in [6.45, 7) is 8.39. The predicted octanol–water partition coefficient (Wildman–Crippen LogP) is 6.20. The third-order valence-electron chi connectivity index (χ3n) is 17.8. The van der Waals surface area contributed by atoms with Gasteiger partial charge in [0.25, 0.3) is 0 Å². The maximum absolute atomic E-state index is 15.0. The van der Waals surface area contributed by atoms with Crippen LogP contribution in [0.2, 0.25) is 0 Å². The number of methoxy groups -OCH3 is 3. The normalized spacial score (nSPS) is 23.1. The molecule has 2 radical (unpaired) electrons. The maximum atomic E-state index is 15.0. The number of nitrogens with zero attached hydrogens (tertiary/aromatic N) is 2. The van der Waals surface area contributed by atoms with Gasteiger partial charge in [-0.25, -0.2) is 9.36 Å². The summed E-state index contributed by atoms with van der Waals surface area (Å²) in [7, 11) is 8.24. The number of hydrogen-bond donors (Lipinski definition) is 8.